The van der Waals surface area contributed by atoms with E-state index in [9.17, 15) is 4.79 Å². The minimum Gasteiger partial charge on any atom is -0.396 e. The van der Waals surface area contributed by atoms with Crippen LogP contribution in [0.4, 0.5) is 0 Å². The molecule has 1 aliphatic rings. The third kappa shape index (κ3) is 7.15. The molecular weight excluding hydrogens is 224 g/mol. The fourth-order valence-electron chi connectivity index (χ4n) is 2.93. The maximum absolute atomic E-state index is 11.4. The van der Waals surface area contributed by atoms with Gasteiger partial charge < -0.3 is 5.11 Å². The number of hydrogen-bond acceptors (Lipinski definition) is 2. The van der Waals surface area contributed by atoms with Crippen molar-refractivity contribution in [2.24, 2.45) is 5.92 Å². The van der Waals surface area contributed by atoms with Crippen molar-refractivity contribution in [3.63, 3.8) is 0 Å². The summed E-state index contributed by atoms with van der Waals surface area (Å²) >= 11 is 0. The van der Waals surface area contributed by atoms with Gasteiger partial charge in [0.25, 0.3) is 0 Å². The second-order valence-corrected chi connectivity index (χ2v) is 5.75. The van der Waals surface area contributed by atoms with Crippen LogP contribution in [-0.4, -0.2) is 17.5 Å². The average molecular weight is 254 g/mol. The molecule has 0 bridgehead atoms. The molecular formula is C16H30O2. The Morgan fingerprint density at radius 1 is 0.889 bits per heavy atom. The van der Waals surface area contributed by atoms with Crippen molar-refractivity contribution in [3.05, 3.63) is 0 Å². The van der Waals surface area contributed by atoms with Gasteiger partial charge in [0.15, 0.2) is 0 Å². The smallest absolute Gasteiger partial charge is 0.135 e. The monoisotopic (exact) mass is 254 g/mol. The molecule has 1 atom stereocenters. The molecule has 0 saturated heterocycles. The van der Waals surface area contributed by atoms with Gasteiger partial charge in [-0.1, -0.05) is 51.4 Å². The minimum absolute atomic E-state index is 0.347. The van der Waals surface area contributed by atoms with Crippen molar-refractivity contribution in [2.45, 2.75) is 83.5 Å². The van der Waals surface area contributed by atoms with E-state index in [0.717, 1.165) is 32.1 Å². The number of carbonyl (C=O) groups excluding carboxylic acids is 1. The lowest BCUT2D eigenvalue weighted by Crippen LogP contribution is -2.05. The largest absolute Gasteiger partial charge is 0.396 e. The molecule has 1 saturated carbocycles. The summed E-state index contributed by atoms with van der Waals surface area (Å²) in [6.45, 7) is 0.347. The molecule has 0 amide bonds. The Kier molecular flexibility index (Phi) is 9.19. The van der Waals surface area contributed by atoms with Crippen molar-refractivity contribution in [2.75, 3.05) is 6.61 Å². The van der Waals surface area contributed by atoms with Gasteiger partial charge in [0.05, 0.1) is 0 Å². The van der Waals surface area contributed by atoms with Crippen LogP contribution in [0.3, 0.4) is 0 Å². The molecule has 1 fully saturated rings. The molecule has 0 heterocycles. The van der Waals surface area contributed by atoms with Crippen LogP contribution in [0, 0.1) is 5.92 Å². The first-order valence-electron chi connectivity index (χ1n) is 7.98. The van der Waals surface area contributed by atoms with Gasteiger partial charge in [0.1, 0.15) is 5.78 Å². The van der Waals surface area contributed by atoms with Gasteiger partial charge in [-0.25, -0.2) is 0 Å². The second-order valence-electron chi connectivity index (χ2n) is 5.75. The third-order valence-electron chi connectivity index (χ3n) is 4.14. The number of rotatable bonds is 11. The summed E-state index contributed by atoms with van der Waals surface area (Å²) in [6.07, 6.45) is 15.6. The van der Waals surface area contributed by atoms with Gasteiger partial charge in [0, 0.05) is 18.9 Å². The highest BCUT2D eigenvalue weighted by Crippen LogP contribution is 2.26. The Balaban J connectivity index is 1.77. The molecule has 106 valence electrons. The first-order chi connectivity index (χ1) is 8.84. The number of aliphatic hydroxyl groups is 1. The summed E-state index contributed by atoms with van der Waals surface area (Å²) in [5, 5.41) is 8.65. The summed E-state index contributed by atoms with van der Waals surface area (Å²) in [6, 6.07) is 0. The molecule has 0 radical (unpaired) electrons. The summed E-state index contributed by atoms with van der Waals surface area (Å²) in [7, 11) is 0. The summed E-state index contributed by atoms with van der Waals surface area (Å²) in [5.74, 6) is 0.947. The standard InChI is InChI=1S/C16H30O2/c17-14-9-7-5-3-1-2-4-6-8-11-15-12-10-13-16(15)18/h15,17H,1-14H2. The van der Waals surface area contributed by atoms with E-state index >= 15 is 0 Å². The Labute approximate surface area is 112 Å². The molecule has 18 heavy (non-hydrogen) atoms. The Morgan fingerprint density at radius 2 is 1.44 bits per heavy atom. The van der Waals surface area contributed by atoms with Crippen molar-refractivity contribution < 1.29 is 9.90 Å². The average Bonchev–Trinajstić information content (AvgIpc) is 2.77. The van der Waals surface area contributed by atoms with Gasteiger partial charge in [-0.3, -0.25) is 4.79 Å². The van der Waals surface area contributed by atoms with E-state index in [1.54, 1.807) is 0 Å². The maximum Gasteiger partial charge on any atom is 0.135 e. The van der Waals surface area contributed by atoms with Gasteiger partial charge in [-0.05, 0) is 25.7 Å². The van der Waals surface area contributed by atoms with Gasteiger partial charge in [-0.15, -0.1) is 0 Å². The third-order valence-corrected chi connectivity index (χ3v) is 4.14. The predicted octanol–water partition coefficient (Wildman–Crippen LogP) is 4.25. The Hall–Kier alpha value is -0.370. The van der Waals surface area contributed by atoms with Crippen LogP contribution < -0.4 is 0 Å². The Bertz CT molecular complexity index is 213. The van der Waals surface area contributed by atoms with E-state index in [1.807, 2.05) is 0 Å². The molecule has 1 N–H and O–H groups in total. The molecule has 2 nitrogen and oxygen atoms in total. The van der Waals surface area contributed by atoms with Crippen LogP contribution in [0.1, 0.15) is 83.5 Å². The fourth-order valence-corrected chi connectivity index (χ4v) is 2.93. The highest BCUT2D eigenvalue weighted by atomic mass is 16.2. The zero-order valence-electron chi connectivity index (χ0n) is 11.8. The maximum atomic E-state index is 11.4. The second kappa shape index (κ2) is 10.5. The summed E-state index contributed by atoms with van der Waals surface area (Å²) in [4.78, 5) is 11.4. The van der Waals surface area contributed by atoms with Crippen LogP contribution in [0.25, 0.3) is 0 Å². The normalized spacial score (nSPS) is 19.6. The lowest BCUT2D eigenvalue weighted by molar-refractivity contribution is -0.120. The molecule has 0 aliphatic heterocycles. The van der Waals surface area contributed by atoms with E-state index in [2.05, 4.69) is 0 Å². The first kappa shape index (κ1) is 15.7. The number of aliphatic hydroxyl groups excluding tert-OH is 1. The van der Waals surface area contributed by atoms with E-state index in [-0.39, 0.29) is 0 Å². The SMILES string of the molecule is O=C1CCCC1CCCCCCCCCCCO. The molecule has 0 aromatic carbocycles. The van der Waals surface area contributed by atoms with Crippen LogP contribution in [0.15, 0.2) is 0 Å². The highest BCUT2D eigenvalue weighted by molar-refractivity contribution is 5.82. The van der Waals surface area contributed by atoms with Crippen LogP contribution >= 0.6 is 0 Å². The van der Waals surface area contributed by atoms with Gasteiger partial charge in [0.2, 0.25) is 0 Å². The van der Waals surface area contributed by atoms with E-state index in [0.29, 0.717) is 18.3 Å². The van der Waals surface area contributed by atoms with E-state index in [4.69, 9.17) is 5.11 Å². The zero-order valence-corrected chi connectivity index (χ0v) is 11.8. The zero-order chi connectivity index (χ0) is 13.1. The predicted molar refractivity (Wildman–Crippen MR) is 75.6 cm³/mol. The molecule has 0 aromatic rings. The lowest BCUT2D eigenvalue weighted by Gasteiger charge is -2.07. The topological polar surface area (TPSA) is 37.3 Å². The molecule has 0 aromatic heterocycles. The number of hydrogen-bond donors (Lipinski definition) is 1. The lowest BCUT2D eigenvalue weighted by atomic mass is 9.98. The summed E-state index contributed by atoms with van der Waals surface area (Å²) in [5.41, 5.74) is 0. The van der Waals surface area contributed by atoms with Crippen molar-refractivity contribution in [1.29, 1.82) is 0 Å². The molecule has 1 aliphatic carbocycles. The highest BCUT2D eigenvalue weighted by Gasteiger charge is 2.23. The van der Waals surface area contributed by atoms with Crippen molar-refractivity contribution >= 4 is 5.78 Å². The fraction of sp³-hybridized carbons (Fsp3) is 0.938. The van der Waals surface area contributed by atoms with E-state index in [1.165, 1.54) is 51.4 Å². The molecule has 2 heteroatoms. The number of carbonyl (C=O) groups is 1. The van der Waals surface area contributed by atoms with Crippen molar-refractivity contribution in [3.8, 4) is 0 Å². The Morgan fingerprint density at radius 3 is 1.94 bits per heavy atom. The molecule has 1 unspecified atom stereocenters. The van der Waals surface area contributed by atoms with Crippen LogP contribution in [0.5, 0.6) is 0 Å². The number of Topliss-reactive ketones (excluding diaryl/α,β-unsaturated/α-hetero) is 1. The number of unbranched alkanes of at least 4 members (excludes halogenated alkanes) is 8. The van der Waals surface area contributed by atoms with E-state index < -0.39 is 0 Å². The van der Waals surface area contributed by atoms with Crippen LogP contribution in [0.2, 0.25) is 0 Å². The number of ketones is 1. The van der Waals surface area contributed by atoms with Crippen LogP contribution in [-0.2, 0) is 4.79 Å². The molecule has 0 spiro atoms. The van der Waals surface area contributed by atoms with Gasteiger partial charge in [-0.2, -0.15) is 0 Å². The minimum atomic E-state index is 0.347. The first-order valence-corrected chi connectivity index (χ1v) is 7.98. The summed E-state index contributed by atoms with van der Waals surface area (Å²) < 4.78 is 0. The quantitative estimate of drug-likeness (QED) is 0.560. The van der Waals surface area contributed by atoms with Gasteiger partial charge >= 0.3 is 0 Å². The van der Waals surface area contributed by atoms with Crippen molar-refractivity contribution in [1.82, 2.24) is 0 Å². The molecule has 1 rings (SSSR count).